The summed E-state index contributed by atoms with van der Waals surface area (Å²) in [6, 6.07) is 69.8. The molecule has 8 aromatic carbocycles. The van der Waals surface area contributed by atoms with Crippen LogP contribution in [0.5, 0.6) is 0 Å². The number of benzene rings is 8. The Balaban J connectivity index is 1.09. The monoisotopic (exact) mass is 770 g/mol. The van der Waals surface area contributed by atoms with Crippen molar-refractivity contribution in [1.29, 1.82) is 0 Å². The van der Waals surface area contributed by atoms with Crippen LogP contribution < -0.4 is 0 Å². The Kier molecular flexibility index (Phi) is 8.97. The van der Waals surface area contributed by atoms with Crippen LogP contribution in [0, 0.1) is 0 Å². The van der Waals surface area contributed by atoms with E-state index in [-0.39, 0.29) is 5.92 Å². The van der Waals surface area contributed by atoms with E-state index in [0.29, 0.717) is 11.6 Å². The highest BCUT2D eigenvalue weighted by molar-refractivity contribution is 6.11. The van der Waals surface area contributed by atoms with Gasteiger partial charge in [-0.3, -0.25) is 0 Å². The minimum Gasteiger partial charge on any atom is -0.309 e. The molecule has 1 aliphatic rings. The number of para-hydroxylation sites is 1. The number of nitrogens with zero attached hydrogens (tertiary/aromatic N) is 4. The molecular weight excluding hydrogens is 729 g/mol. The Morgan fingerprint density at radius 1 is 0.433 bits per heavy atom. The maximum absolute atomic E-state index is 5.41. The molecule has 1 aliphatic carbocycles. The lowest BCUT2D eigenvalue weighted by Gasteiger charge is -2.16. The lowest BCUT2D eigenvalue weighted by Crippen LogP contribution is -2.09. The summed E-state index contributed by atoms with van der Waals surface area (Å²) in [6.07, 6.45) is 3.44. The highest BCUT2D eigenvalue weighted by atomic mass is 15.0. The van der Waals surface area contributed by atoms with Crippen LogP contribution in [0.3, 0.4) is 0 Å². The number of fused-ring (bicyclic) bond motifs is 6. The third-order valence-corrected chi connectivity index (χ3v) is 12.1. The van der Waals surface area contributed by atoms with Crippen LogP contribution in [0.25, 0.3) is 83.6 Å². The minimum absolute atomic E-state index is 0.199. The van der Waals surface area contributed by atoms with E-state index >= 15 is 0 Å². The number of aryl methyl sites for hydroxylation is 1. The Morgan fingerprint density at radius 2 is 1.07 bits per heavy atom. The van der Waals surface area contributed by atoms with Crippen molar-refractivity contribution in [2.24, 2.45) is 0 Å². The maximum atomic E-state index is 5.41. The normalized spacial score (nSPS) is 13.1. The first-order valence-corrected chi connectivity index (χ1v) is 21.0. The van der Waals surface area contributed by atoms with Gasteiger partial charge in [0.2, 0.25) is 0 Å². The summed E-state index contributed by atoms with van der Waals surface area (Å²) in [7, 11) is 0. The van der Waals surface area contributed by atoms with E-state index in [2.05, 4.69) is 187 Å². The smallest absolute Gasteiger partial charge is 0.163 e. The zero-order valence-electron chi connectivity index (χ0n) is 33.5. The van der Waals surface area contributed by atoms with Gasteiger partial charge in [-0.25, -0.2) is 15.0 Å². The van der Waals surface area contributed by atoms with Gasteiger partial charge in [-0.05, 0) is 99.3 Å². The molecule has 0 spiro atoms. The van der Waals surface area contributed by atoms with Crippen molar-refractivity contribution in [3.8, 4) is 61.8 Å². The fraction of sp³-hybridized carbons (Fsp3) is 0.0893. The van der Waals surface area contributed by atoms with Crippen LogP contribution in [0.4, 0.5) is 0 Å². The molecule has 0 saturated heterocycles. The van der Waals surface area contributed by atoms with Crippen molar-refractivity contribution < 1.29 is 0 Å². The van der Waals surface area contributed by atoms with E-state index < -0.39 is 0 Å². The molecule has 0 fully saturated rings. The van der Waals surface area contributed by atoms with Gasteiger partial charge in [0, 0.05) is 27.6 Å². The van der Waals surface area contributed by atoms with Crippen molar-refractivity contribution in [2.45, 2.75) is 32.1 Å². The lowest BCUT2D eigenvalue weighted by atomic mass is 9.95. The zero-order chi connectivity index (χ0) is 40.0. The summed E-state index contributed by atoms with van der Waals surface area (Å²) in [5, 5.41) is 2.46. The summed E-state index contributed by atoms with van der Waals surface area (Å²) in [5.41, 5.74) is 16.4. The number of rotatable bonds is 9. The molecule has 0 aliphatic heterocycles. The molecule has 11 rings (SSSR count). The number of hydrogen-bond donors (Lipinski definition) is 0. The second kappa shape index (κ2) is 15.1. The summed E-state index contributed by atoms with van der Waals surface area (Å²) in [6.45, 7) is 2.25. The molecule has 10 aromatic rings. The van der Waals surface area contributed by atoms with E-state index in [1.807, 2.05) is 18.2 Å². The van der Waals surface area contributed by atoms with Gasteiger partial charge in [-0.1, -0.05) is 171 Å². The molecular formula is C56H42N4. The molecule has 0 N–H and O–H groups in total. The Morgan fingerprint density at radius 3 is 1.87 bits per heavy atom. The van der Waals surface area contributed by atoms with Gasteiger partial charge in [0.05, 0.1) is 17.0 Å². The van der Waals surface area contributed by atoms with Crippen molar-refractivity contribution in [2.75, 3.05) is 0 Å². The Labute approximate surface area is 350 Å². The first kappa shape index (κ1) is 35.7. The van der Waals surface area contributed by atoms with Gasteiger partial charge in [0.15, 0.2) is 11.6 Å². The van der Waals surface area contributed by atoms with Crippen molar-refractivity contribution in [3.05, 3.63) is 217 Å². The first-order valence-electron chi connectivity index (χ1n) is 21.0. The predicted molar refractivity (Wildman–Crippen MR) is 247 cm³/mol. The van der Waals surface area contributed by atoms with Crippen LogP contribution >= 0.6 is 0 Å². The molecule has 0 bridgehead atoms. The molecule has 60 heavy (non-hydrogen) atoms. The largest absolute Gasteiger partial charge is 0.309 e. The van der Waals surface area contributed by atoms with Crippen LogP contribution in [0.15, 0.2) is 194 Å². The minimum atomic E-state index is -0.199. The van der Waals surface area contributed by atoms with Crippen LogP contribution in [-0.2, 0) is 6.42 Å². The topological polar surface area (TPSA) is 43.6 Å². The SMILES string of the molecule is CCCCc1cccc(-c2cccc(-c3nc(-c4ccccc4)nc(C4c5ccccc5-c5cc6c7ccccc7n(-c7ccc(-c8ccccc8)cc7)c6cc54)n3)c2)c1. The summed E-state index contributed by atoms with van der Waals surface area (Å²) in [5.74, 6) is 1.88. The zero-order valence-corrected chi connectivity index (χ0v) is 33.5. The second-order valence-corrected chi connectivity index (χ2v) is 15.8. The predicted octanol–water partition coefficient (Wildman–Crippen LogP) is 14.1. The molecule has 2 aromatic heterocycles. The molecule has 0 radical (unpaired) electrons. The van der Waals surface area contributed by atoms with Crippen molar-refractivity contribution in [3.63, 3.8) is 0 Å². The maximum Gasteiger partial charge on any atom is 0.163 e. The number of unbranched alkanes of at least 4 members (excludes halogenated alkanes) is 1. The van der Waals surface area contributed by atoms with E-state index in [4.69, 9.17) is 15.0 Å². The highest BCUT2D eigenvalue weighted by Crippen LogP contribution is 2.50. The van der Waals surface area contributed by atoms with Gasteiger partial charge in [-0.2, -0.15) is 0 Å². The summed E-state index contributed by atoms with van der Waals surface area (Å²) >= 11 is 0. The molecule has 286 valence electrons. The average molecular weight is 771 g/mol. The number of aromatic nitrogens is 4. The van der Waals surface area contributed by atoms with E-state index in [0.717, 1.165) is 40.1 Å². The van der Waals surface area contributed by atoms with Gasteiger partial charge in [0.1, 0.15) is 5.82 Å². The van der Waals surface area contributed by atoms with Crippen LogP contribution in [0.1, 0.15) is 48.2 Å². The third kappa shape index (κ3) is 6.29. The molecule has 4 heteroatoms. The first-order chi connectivity index (χ1) is 29.7. The fourth-order valence-electron chi connectivity index (χ4n) is 9.15. The summed E-state index contributed by atoms with van der Waals surface area (Å²) < 4.78 is 2.41. The standard InChI is InChI=1S/C56H42N4/c1-2-3-16-37-17-14-22-41(33-37)42-23-15-24-43(34-42)55-57-54(40-20-8-5-9-21-40)58-56(59-55)53-47-27-11-10-25-45(47)48-35-49-46-26-12-13-28-51(46)60(52(49)36-50(48)53)44-31-29-39(30-32-44)38-18-6-4-7-19-38/h4-15,17-36,53H,2-3,16H2,1H3. The third-order valence-electron chi connectivity index (χ3n) is 12.1. The molecule has 0 saturated carbocycles. The van der Waals surface area contributed by atoms with E-state index in [9.17, 15) is 0 Å². The van der Waals surface area contributed by atoms with E-state index in [1.54, 1.807) is 0 Å². The van der Waals surface area contributed by atoms with Crippen LogP contribution in [-0.4, -0.2) is 19.5 Å². The fourth-order valence-corrected chi connectivity index (χ4v) is 9.15. The van der Waals surface area contributed by atoms with E-state index in [1.165, 1.54) is 73.6 Å². The lowest BCUT2D eigenvalue weighted by molar-refractivity contribution is 0.795. The van der Waals surface area contributed by atoms with Gasteiger partial charge in [0.25, 0.3) is 0 Å². The Hall–Kier alpha value is -7.43. The van der Waals surface area contributed by atoms with Crippen molar-refractivity contribution in [1.82, 2.24) is 19.5 Å². The molecule has 1 unspecified atom stereocenters. The van der Waals surface area contributed by atoms with Gasteiger partial charge >= 0.3 is 0 Å². The highest BCUT2D eigenvalue weighted by Gasteiger charge is 2.34. The molecule has 1 atom stereocenters. The molecule has 2 heterocycles. The van der Waals surface area contributed by atoms with Crippen molar-refractivity contribution >= 4 is 21.8 Å². The average Bonchev–Trinajstić information content (AvgIpc) is 3.82. The second-order valence-electron chi connectivity index (χ2n) is 15.8. The quantitative estimate of drug-likeness (QED) is 0.147. The van der Waals surface area contributed by atoms with Gasteiger partial charge in [-0.15, -0.1) is 0 Å². The van der Waals surface area contributed by atoms with Crippen LogP contribution in [0.2, 0.25) is 0 Å². The molecule has 4 nitrogen and oxygen atoms in total. The number of hydrogen-bond acceptors (Lipinski definition) is 3. The Bertz CT molecular complexity index is 3180. The van der Waals surface area contributed by atoms with Gasteiger partial charge < -0.3 is 4.57 Å². The molecule has 0 amide bonds. The summed E-state index contributed by atoms with van der Waals surface area (Å²) in [4.78, 5) is 15.9.